The van der Waals surface area contributed by atoms with Gasteiger partial charge in [-0.2, -0.15) is 4.39 Å². The minimum absolute atomic E-state index is 0.156. The van der Waals surface area contributed by atoms with Gasteiger partial charge in [0.1, 0.15) is 6.33 Å². The predicted molar refractivity (Wildman–Crippen MR) is 78.0 cm³/mol. The molecular formula is C12H12FN5O3S. The first-order chi connectivity index (χ1) is 10.4. The Kier molecular flexibility index (Phi) is 4.71. The van der Waals surface area contributed by atoms with Crippen molar-refractivity contribution in [3.63, 3.8) is 0 Å². The van der Waals surface area contributed by atoms with Crippen molar-refractivity contribution < 1.29 is 14.1 Å². The summed E-state index contributed by atoms with van der Waals surface area (Å²) < 4.78 is 14.9. The summed E-state index contributed by atoms with van der Waals surface area (Å²) in [7, 11) is 1.75. The lowest BCUT2D eigenvalue weighted by atomic mass is 10.2. The minimum atomic E-state index is -0.954. The van der Waals surface area contributed by atoms with Crippen molar-refractivity contribution in [2.45, 2.75) is 17.3 Å². The SMILES string of the molecule is C[C@H](Sc1nncn1C)C(=O)Nc1ccc(F)c([N+](=O)[O-])c1. The maximum atomic E-state index is 13.2. The van der Waals surface area contributed by atoms with E-state index in [-0.39, 0.29) is 11.6 Å². The van der Waals surface area contributed by atoms with Gasteiger partial charge in [-0.1, -0.05) is 11.8 Å². The molecule has 2 rings (SSSR count). The molecular weight excluding hydrogens is 313 g/mol. The van der Waals surface area contributed by atoms with Crippen LogP contribution in [0.2, 0.25) is 0 Å². The maximum Gasteiger partial charge on any atom is 0.306 e. The lowest BCUT2D eigenvalue weighted by Gasteiger charge is -2.11. The highest BCUT2D eigenvalue weighted by atomic mass is 32.2. The number of nitrogens with zero attached hydrogens (tertiary/aromatic N) is 4. The van der Waals surface area contributed by atoms with Crippen LogP contribution in [0, 0.1) is 15.9 Å². The summed E-state index contributed by atoms with van der Waals surface area (Å²) in [5.41, 5.74) is -0.532. The highest BCUT2D eigenvalue weighted by Crippen LogP contribution is 2.24. The second-order valence-electron chi connectivity index (χ2n) is 4.40. The zero-order chi connectivity index (χ0) is 16.3. The third-order valence-corrected chi connectivity index (χ3v) is 3.88. The molecule has 0 bridgehead atoms. The number of benzene rings is 1. The number of nitrogens with one attached hydrogen (secondary N) is 1. The van der Waals surface area contributed by atoms with Crippen LogP contribution < -0.4 is 5.32 Å². The van der Waals surface area contributed by atoms with Crippen LogP contribution in [0.1, 0.15) is 6.92 Å². The smallest absolute Gasteiger partial charge is 0.306 e. The monoisotopic (exact) mass is 325 g/mol. The van der Waals surface area contributed by atoms with E-state index in [4.69, 9.17) is 0 Å². The molecule has 1 aromatic heterocycles. The van der Waals surface area contributed by atoms with E-state index in [1.54, 1.807) is 18.5 Å². The molecule has 0 spiro atoms. The molecule has 0 saturated carbocycles. The Bertz CT molecular complexity index is 721. The molecule has 0 fully saturated rings. The summed E-state index contributed by atoms with van der Waals surface area (Å²) in [6.45, 7) is 1.66. The molecule has 2 aromatic rings. The highest BCUT2D eigenvalue weighted by Gasteiger charge is 2.19. The molecule has 1 amide bonds. The number of hydrogen-bond donors (Lipinski definition) is 1. The molecule has 1 heterocycles. The predicted octanol–water partition coefficient (Wildman–Crippen LogP) is 1.98. The summed E-state index contributed by atoms with van der Waals surface area (Å²) in [6.07, 6.45) is 1.51. The van der Waals surface area contributed by atoms with Gasteiger partial charge >= 0.3 is 5.69 Å². The van der Waals surface area contributed by atoms with E-state index in [0.29, 0.717) is 5.16 Å². The average molecular weight is 325 g/mol. The van der Waals surface area contributed by atoms with E-state index in [9.17, 15) is 19.3 Å². The molecule has 1 N–H and O–H groups in total. The van der Waals surface area contributed by atoms with Crippen molar-refractivity contribution in [3.05, 3.63) is 40.5 Å². The Morgan fingerprint density at radius 1 is 1.55 bits per heavy atom. The molecule has 1 aromatic carbocycles. The first kappa shape index (κ1) is 15.9. The second-order valence-corrected chi connectivity index (χ2v) is 5.71. The van der Waals surface area contributed by atoms with Gasteiger partial charge in [0.2, 0.25) is 11.7 Å². The Morgan fingerprint density at radius 2 is 2.27 bits per heavy atom. The third kappa shape index (κ3) is 3.58. The zero-order valence-electron chi connectivity index (χ0n) is 11.7. The number of amides is 1. The molecule has 0 aliphatic rings. The first-order valence-corrected chi connectivity index (χ1v) is 7.02. The number of nitro benzene ring substituents is 1. The highest BCUT2D eigenvalue weighted by molar-refractivity contribution is 8.00. The van der Waals surface area contributed by atoms with Crippen LogP contribution in [0.3, 0.4) is 0 Å². The number of rotatable bonds is 5. The quantitative estimate of drug-likeness (QED) is 0.512. The topological polar surface area (TPSA) is 103 Å². The molecule has 0 saturated heterocycles. The minimum Gasteiger partial charge on any atom is -0.325 e. The number of anilines is 1. The molecule has 0 radical (unpaired) electrons. The number of aromatic nitrogens is 3. The number of nitro groups is 1. The number of carbonyl (C=O) groups is 1. The Hall–Kier alpha value is -2.49. The Balaban J connectivity index is 2.07. The van der Waals surface area contributed by atoms with Crippen LogP contribution >= 0.6 is 11.8 Å². The Morgan fingerprint density at radius 3 is 2.86 bits per heavy atom. The van der Waals surface area contributed by atoms with Gasteiger partial charge in [-0.15, -0.1) is 10.2 Å². The van der Waals surface area contributed by atoms with Crippen molar-refractivity contribution >= 4 is 29.0 Å². The summed E-state index contributed by atoms with van der Waals surface area (Å²) in [5.74, 6) is -1.33. The van der Waals surface area contributed by atoms with Gasteiger partial charge in [-0.25, -0.2) is 0 Å². The van der Waals surface area contributed by atoms with Gasteiger partial charge < -0.3 is 9.88 Å². The van der Waals surface area contributed by atoms with Gasteiger partial charge in [-0.05, 0) is 19.1 Å². The third-order valence-electron chi connectivity index (χ3n) is 2.73. The number of halogens is 1. The molecule has 10 heteroatoms. The fourth-order valence-corrected chi connectivity index (χ4v) is 2.36. The van der Waals surface area contributed by atoms with Crippen LogP contribution in [0.15, 0.2) is 29.7 Å². The number of thioether (sulfide) groups is 1. The summed E-state index contributed by atoms with van der Waals surface area (Å²) in [5, 5.41) is 20.8. The normalized spacial score (nSPS) is 12.0. The molecule has 0 unspecified atom stereocenters. The molecule has 1 atom stereocenters. The van der Waals surface area contributed by atoms with Crippen molar-refractivity contribution in [1.29, 1.82) is 0 Å². The Labute approximate surface area is 128 Å². The second kappa shape index (κ2) is 6.52. The fourth-order valence-electron chi connectivity index (χ4n) is 1.57. The molecule has 0 aliphatic carbocycles. The lowest BCUT2D eigenvalue weighted by Crippen LogP contribution is -2.22. The van der Waals surface area contributed by atoms with Crippen molar-refractivity contribution in [3.8, 4) is 0 Å². The lowest BCUT2D eigenvalue weighted by molar-refractivity contribution is -0.387. The van der Waals surface area contributed by atoms with E-state index in [2.05, 4.69) is 15.5 Å². The van der Waals surface area contributed by atoms with Crippen LogP contribution in [-0.2, 0) is 11.8 Å². The van der Waals surface area contributed by atoms with Crippen molar-refractivity contribution in [1.82, 2.24) is 14.8 Å². The van der Waals surface area contributed by atoms with Gasteiger partial charge in [0.25, 0.3) is 0 Å². The number of carbonyl (C=O) groups excluding carboxylic acids is 1. The number of hydrogen-bond acceptors (Lipinski definition) is 6. The summed E-state index contributed by atoms with van der Waals surface area (Å²) in [6, 6.07) is 3.18. The fraction of sp³-hybridized carbons (Fsp3) is 0.250. The first-order valence-electron chi connectivity index (χ1n) is 6.14. The van der Waals surface area contributed by atoms with Crippen LogP contribution in [0.5, 0.6) is 0 Å². The van der Waals surface area contributed by atoms with E-state index in [0.717, 1.165) is 12.1 Å². The van der Waals surface area contributed by atoms with Gasteiger partial charge in [0, 0.05) is 18.8 Å². The zero-order valence-corrected chi connectivity index (χ0v) is 12.5. The van der Waals surface area contributed by atoms with E-state index in [1.807, 2.05) is 0 Å². The maximum absolute atomic E-state index is 13.2. The average Bonchev–Trinajstić information content (AvgIpc) is 2.86. The van der Waals surface area contributed by atoms with Crippen LogP contribution in [0.25, 0.3) is 0 Å². The molecule has 0 aliphatic heterocycles. The molecule has 22 heavy (non-hydrogen) atoms. The van der Waals surface area contributed by atoms with Gasteiger partial charge in [0.05, 0.1) is 10.2 Å². The van der Waals surface area contributed by atoms with Crippen LogP contribution in [-0.4, -0.2) is 30.8 Å². The van der Waals surface area contributed by atoms with Gasteiger partial charge in [0.15, 0.2) is 5.16 Å². The van der Waals surface area contributed by atoms with E-state index in [1.165, 1.54) is 24.2 Å². The van der Waals surface area contributed by atoms with Gasteiger partial charge in [-0.3, -0.25) is 14.9 Å². The summed E-state index contributed by atoms with van der Waals surface area (Å²) in [4.78, 5) is 21.9. The van der Waals surface area contributed by atoms with Crippen LogP contribution in [0.4, 0.5) is 15.8 Å². The molecule has 8 nitrogen and oxygen atoms in total. The van der Waals surface area contributed by atoms with E-state index >= 15 is 0 Å². The largest absolute Gasteiger partial charge is 0.325 e. The van der Waals surface area contributed by atoms with Crippen molar-refractivity contribution in [2.24, 2.45) is 7.05 Å². The summed E-state index contributed by atoms with van der Waals surface area (Å²) >= 11 is 1.19. The molecule has 116 valence electrons. The standard InChI is InChI=1S/C12H12FN5O3S/c1-7(22-12-16-14-6-17(12)2)11(19)15-8-3-4-9(13)10(5-8)18(20)21/h3-7H,1-2H3,(H,15,19)/t7-/m0/s1. The number of aryl methyl sites for hydroxylation is 1. The van der Waals surface area contributed by atoms with E-state index < -0.39 is 21.7 Å². The van der Waals surface area contributed by atoms with Crippen molar-refractivity contribution in [2.75, 3.05) is 5.32 Å².